The number of carbonyl (C=O) groups excluding carboxylic acids is 3. The topological polar surface area (TPSA) is 108 Å². The number of aliphatic hydroxyl groups excluding tert-OH is 1. The molecule has 0 aliphatic carbocycles. The average Bonchev–Trinajstić information content (AvgIpc) is 3.43. The predicted octanol–water partition coefficient (Wildman–Crippen LogP) is 2.89. The van der Waals surface area contributed by atoms with Crippen molar-refractivity contribution < 1.29 is 24.2 Å². The molecule has 35 heavy (non-hydrogen) atoms. The van der Waals surface area contributed by atoms with E-state index in [0.717, 1.165) is 5.56 Å². The number of benzene rings is 1. The van der Waals surface area contributed by atoms with E-state index >= 15 is 0 Å². The van der Waals surface area contributed by atoms with Crippen molar-refractivity contribution >= 4 is 35.0 Å². The van der Waals surface area contributed by atoms with E-state index in [4.69, 9.17) is 16.3 Å². The van der Waals surface area contributed by atoms with Gasteiger partial charge in [-0.3, -0.25) is 14.4 Å². The van der Waals surface area contributed by atoms with Crippen LogP contribution in [0.3, 0.4) is 0 Å². The maximum Gasteiger partial charge on any atom is 0.250 e. The first-order valence-corrected chi connectivity index (χ1v) is 12.9. The molecule has 3 amide bonds. The third-order valence-corrected chi connectivity index (χ3v) is 8.53. The van der Waals surface area contributed by atoms with Crippen molar-refractivity contribution in [2.75, 3.05) is 19.0 Å². The lowest BCUT2D eigenvalue weighted by Gasteiger charge is -2.38. The molecule has 9 heteroatoms. The van der Waals surface area contributed by atoms with E-state index < -0.39 is 41.0 Å². The minimum absolute atomic E-state index is 0.182. The second-order valence-electron chi connectivity index (χ2n) is 10.6. The Balaban J connectivity index is 1.83. The number of anilines is 1. The lowest BCUT2D eigenvalue weighted by atomic mass is 9.65. The molecular weight excluding hydrogens is 470 g/mol. The largest absolute Gasteiger partial charge is 0.394 e. The highest BCUT2D eigenvalue weighted by Gasteiger charge is 2.79. The number of carbonyl (C=O) groups is 3. The molecule has 0 radical (unpaired) electrons. The summed E-state index contributed by atoms with van der Waals surface area (Å²) in [6.45, 7) is 7.53. The van der Waals surface area contributed by atoms with Crippen LogP contribution < -0.4 is 10.6 Å². The van der Waals surface area contributed by atoms with Gasteiger partial charge in [-0.2, -0.15) is 0 Å². The number of aryl methyl sites for hydroxylation is 1. The molecule has 3 heterocycles. The molecule has 3 aliphatic rings. The summed E-state index contributed by atoms with van der Waals surface area (Å²) in [4.78, 5) is 42.7. The number of rotatable bonds is 8. The molecule has 2 bridgehead atoms. The minimum atomic E-state index is -1.14. The Kier molecular flexibility index (Phi) is 6.94. The number of hydrogen-bond donors (Lipinski definition) is 3. The molecule has 0 saturated carbocycles. The SMILES string of the molecule is CC[C@]12CCC3(O1)C(C(=O)Nc1c(C)cccc1Cl)N([C@@H](CO)CC(C)C)C(=O)[C@@H]3[C@H]2C(=O)NC. The number of fused-ring (bicyclic) bond motifs is 1. The molecule has 4 rings (SSSR count). The number of ether oxygens (including phenoxy) is 1. The molecule has 3 N–H and O–H groups in total. The van der Waals surface area contributed by atoms with Gasteiger partial charge in [-0.25, -0.2) is 0 Å². The van der Waals surface area contributed by atoms with Gasteiger partial charge in [-0.1, -0.05) is 44.5 Å². The fourth-order valence-corrected chi connectivity index (χ4v) is 6.97. The summed E-state index contributed by atoms with van der Waals surface area (Å²) >= 11 is 6.40. The fourth-order valence-electron chi connectivity index (χ4n) is 6.70. The van der Waals surface area contributed by atoms with Gasteiger partial charge in [-0.05, 0) is 50.2 Å². The van der Waals surface area contributed by atoms with E-state index in [1.165, 1.54) is 4.90 Å². The first kappa shape index (κ1) is 25.9. The zero-order chi connectivity index (χ0) is 25.7. The van der Waals surface area contributed by atoms with Crippen LogP contribution in [0.1, 0.15) is 52.0 Å². The first-order chi connectivity index (χ1) is 16.6. The third kappa shape index (κ3) is 3.85. The molecule has 1 aromatic carbocycles. The Labute approximate surface area is 211 Å². The number of nitrogens with one attached hydrogen (secondary N) is 2. The molecule has 3 fully saturated rings. The van der Waals surface area contributed by atoms with Crippen molar-refractivity contribution in [3.8, 4) is 0 Å². The van der Waals surface area contributed by atoms with Crippen molar-refractivity contribution in [3.63, 3.8) is 0 Å². The molecule has 3 aliphatic heterocycles. The van der Waals surface area contributed by atoms with E-state index in [1.54, 1.807) is 19.2 Å². The van der Waals surface area contributed by atoms with Gasteiger partial charge >= 0.3 is 0 Å². The number of likely N-dealkylation sites (tertiary alicyclic amines) is 1. The van der Waals surface area contributed by atoms with Crippen LogP contribution in [-0.2, 0) is 19.1 Å². The van der Waals surface area contributed by atoms with Crippen molar-refractivity contribution in [1.82, 2.24) is 10.2 Å². The van der Waals surface area contributed by atoms with Crippen molar-refractivity contribution in [2.24, 2.45) is 17.8 Å². The summed E-state index contributed by atoms with van der Waals surface area (Å²) in [5.74, 6) is -2.27. The van der Waals surface area contributed by atoms with Crippen LogP contribution in [0.25, 0.3) is 0 Å². The molecule has 8 nitrogen and oxygen atoms in total. The molecule has 3 saturated heterocycles. The van der Waals surface area contributed by atoms with E-state index in [2.05, 4.69) is 10.6 Å². The first-order valence-electron chi connectivity index (χ1n) is 12.5. The van der Waals surface area contributed by atoms with Crippen LogP contribution in [-0.4, -0.2) is 64.7 Å². The summed E-state index contributed by atoms with van der Waals surface area (Å²) in [6.07, 6.45) is 2.15. The zero-order valence-electron chi connectivity index (χ0n) is 21.1. The van der Waals surface area contributed by atoms with Gasteiger partial charge in [-0.15, -0.1) is 0 Å². The molecule has 6 atom stereocenters. The number of amides is 3. The number of nitrogens with zero attached hydrogens (tertiary/aromatic N) is 1. The van der Waals surface area contributed by atoms with E-state index in [-0.39, 0.29) is 24.3 Å². The normalized spacial score (nSPS) is 32.2. The Morgan fingerprint density at radius 1 is 1.29 bits per heavy atom. The monoisotopic (exact) mass is 505 g/mol. The maximum absolute atomic E-state index is 14.1. The Bertz CT molecular complexity index is 1010. The lowest BCUT2D eigenvalue weighted by Crippen LogP contribution is -2.56. The summed E-state index contributed by atoms with van der Waals surface area (Å²) in [7, 11) is 1.56. The molecule has 1 spiro atoms. The molecular formula is C26H36ClN3O5. The number of hydrogen-bond acceptors (Lipinski definition) is 5. The van der Waals surface area contributed by atoms with Gasteiger partial charge in [0.15, 0.2) is 0 Å². The fraction of sp³-hybridized carbons (Fsp3) is 0.654. The summed E-state index contributed by atoms with van der Waals surface area (Å²) in [5, 5.41) is 16.4. The zero-order valence-corrected chi connectivity index (χ0v) is 21.8. The van der Waals surface area contributed by atoms with Crippen molar-refractivity contribution in [2.45, 2.75) is 76.7 Å². The van der Waals surface area contributed by atoms with Gasteiger partial charge in [0, 0.05) is 7.05 Å². The summed E-state index contributed by atoms with van der Waals surface area (Å²) < 4.78 is 6.69. The lowest BCUT2D eigenvalue weighted by molar-refractivity contribution is -0.149. The van der Waals surface area contributed by atoms with Gasteiger partial charge < -0.3 is 25.4 Å². The Morgan fingerprint density at radius 2 is 2.00 bits per heavy atom. The Morgan fingerprint density at radius 3 is 2.57 bits per heavy atom. The highest BCUT2D eigenvalue weighted by atomic mass is 35.5. The average molecular weight is 506 g/mol. The second-order valence-corrected chi connectivity index (χ2v) is 11.0. The van der Waals surface area contributed by atoms with Gasteiger partial charge in [0.1, 0.15) is 11.6 Å². The molecule has 0 aromatic heterocycles. The van der Waals surface area contributed by atoms with Gasteiger partial charge in [0.2, 0.25) is 17.7 Å². The van der Waals surface area contributed by atoms with E-state index in [0.29, 0.717) is 36.4 Å². The number of para-hydroxylation sites is 1. The van der Waals surface area contributed by atoms with E-state index in [9.17, 15) is 19.5 Å². The quantitative estimate of drug-likeness (QED) is 0.503. The minimum Gasteiger partial charge on any atom is -0.394 e. The highest BCUT2D eigenvalue weighted by molar-refractivity contribution is 6.34. The standard InChI is InChI=1S/C26H36ClN3O5/c1-6-25-10-11-26(35-25)19(18(25)22(32)28-5)24(34)30(16(13-31)12-14(2)3)21(26)23(33)29-20-15(4)8-7-9-17(20)27/h7-9,14,16,18-19,21,31H,6,10-13H2,1-5H3,(H,28,32)(H,29,33)/t16-,18+,19+,21?,25-,26?/m1/s1. The van der Waals surface area contributed by atoms with Gasteiger partial charge in [0.25, 0.3) is 0 Å². The smallest absolute Gasteiger partial charge is 0.250 e. The van der Waals surface area contributed by atoms with Crippen LogP contribution in [0.5, 0.6) is 0 Å². The Hall–Kier alpha value is -2.16. The van der Waals surface area contributed by atoms with Crippen LogP contribution in [0.2, 0.25) is 5.02 Å². The number of halogens is 1. The molecule has 1 aromatic rings. The molecule has 2 unspecified atom stereocenters. The van der Waals surface area contributed by atoms with Crippen LogP contribution in [0.4, 0.5) is 5.69 Å². The van der Waals surface area contributed by atoms with E-state index in [1.807, 2.05) is 33.8 Å². The van der Waals surface area contributed by atoms with Gasteiger partial charge in [0.05, 0.1) is 40.8 Å². The van der Waals surface area contributed by atoms with Crippen molar-refractivity contribution in [1.29, 1.82) is 0 Å². The maximum atomic E-state index is 14.1. The predicted molar refractivity (Wildman–Crippen MR) is 133 cm³/mol. The highest BCUT2D eigenvalue weighted by Crippen LogP contribution is 2.64. The van der Waals surface area contributed by atoms with Crippen LogP contribution in [0, 0.1) is 24.7 Å². The second kappa shape index (κ2) is 9.37. The summed E-state index contributed by atoms with van der Waals surface area (Å²) in [5.41, 5.74) is -0.663. The third-order valence-electron chi connectivity index (χ3n) is 8.21. The number of aliphatic hydroxyl groups is 1. The van der Waals surface area contributed by atoms with Crippen molar-refractivity contribution in [3.05, 3.63) is 28.8 Å². The molecule has 192 valence electrons. The van der Waals surface area contributed by atoms with Crippen LogP contribution in [0.15, 0.2) is 18.2 Å². The van der Waals surface area contributed by atoms with Crippen LogP contribution >= 0.6 is 11.6 Å². The summed E-state index contributed by atoms with van der Waals surface area (Å²) in [6, 6.07) is 3.79.